The molecule has 1 aromatic rings. The second kappa shape index (κ2) is 4.09. The molecule has 1 aromatic heterocycles. The van der Waals surface area contributed by atoms with Crippen molar-refractivity contribution in [1.29, 1.82) is 0 Å². The number of halogens is 5. The van der Waals surface area contributed by atoms with E-state index in [-0.39, 0.29) is 13.9 Å². The first-order valence-electron chi connectivity index (χ1n) is 3.16. The van der Waals surface area contributed by atoms with Gasteiger partial charge < -0.3 is 10.5 Å². The Bertz CT molecular complexity index is 358. The van der Waals surface area contributed by atoms with Crippen LogP contribution in [0.25, 0.3) is 0 Å². The summed E-state index contributed by atoms with van der Waals surface area (Å²) in [5, 5.41) is 0. The first-order chi connectivity index (χ1) is 6.31. The second-order valence-corrected chi connectivity index (χ2v) is 4.06. The van der Waals surface area contributed by atoms with Crippen LogP contribution in [0.5, 0.6) is 5.75 Å². The maximum Gasteiger partial charge on any atom is 0.573 e. The van der Waals surface area contributed by atoms with Gasteiger partial charge in [0.2, 0.25) is 0 Å². The third-order valence-corrected chi connectivity index (χ3v) is 2.60. The third kappa shape index (κ3) is 2.87. The van der Waals surface area contributed by atoms with E-state index in [1.54, 1.807) is 22.6 Å². The maximum atomic E-state index is 11.9. The number of anilines is 1. The molecule has 0 saturated carbocycles. The van der Waals surface area contributed by atoms with Gasteiger partial charge in [0.25, 0.3) is 0 Å². The van der Waals surface area contributed by atoms with Crippen molar-refractivity contribution < 1.29 is 17.9 Å². The number of nitrogen functional groups attached to an aromatic ring is 1. The molecule has 0 aromatic carbocycles. The molecule has 78 valence electrons. The zero-order valence-electron chi connectivity index (χ0n) is 6.40. The van der Waals surface area contributed by atoms with Gasteiger partial charge in [-0.3, -0.25) is 0 Å². The molecule has 0 aliphatic carbocycles. The molecule has 14 heavy (non-hydrogen) atoms. The number of pyridine rings is 1. The third-order valence-electron chi connectivity index (χ3n) is 1.20. The van der Waals surface area contributed by atoms with Crippen LogP contribution in [0.3, 0.4) is 0 Å². The fourth-order valence-electron chi connectivity index (χ4n) is 0.674. The lowest BCUT2D eigenvalue weighted by Gasteiger charge is -2.12. The fourth-order valence-corrected chi connectivity index (χ4v) is 1.50. The number of nitrogens with zero attached hydrogens (tertiary/aromatic N) is 1. The Balaban J connectivity index is 3.13. The van der Waals surface area contributed by atoms with Crippen molar-refractivity contribution in [3.63, 3.8) is 0 Å². The van der Waals surface area contributed by atoms with Crippen LogP contribution in [0.2, 0.25) is 0 Å². The molecular formula is C6H3BrF3IN2O. The minimum absolute atomic E-state index is 0.0561. The van der Waals surface area contributed by atoms with Gasteiger partial charge in [-0.15, -0.1) is 13.2 Å². The quantitative estimate of drug-likeness (QED) is 0.600. The Labute approximate surface area is 99.1 Å². The molecule has 0 atom stereocenters. The molecule has 0 radical (unpaired) electrons. The van der Waals surface area contributed by atoms with E-state index in [1.165, 1.54) is 6.20 Å². The highest BCUT2D eigenvalue weighted by Gasteiger charge is 2.33. The summed E-state index contributed by atoms with van der Waals surface area (Å²) in [6.07, 6.45) is -3.46. The number of aromatic nitrogens is 1. The lowest BCUT2D eigenvalue weighted by molar-refractivity contribution is -0.274. The van der Waals surface area contributed by atoms with Crippen molar-refractivity contribution in [2.24, 2.45) is 0 Å². The normalized spacial score (nSPS) is 11.5. The van der Waals surface area contributed by atoms with Gasteiger partial charge in [0.05, 0.1) is 10.2 Å². The smallest absolute Gasteiger partial charge is 0.401 e. The molecule has 2 N–H and O–H groups in total. The van der Waals surface area contributed by atoms with Gasteiger partial charge in [-0.1, -0.05) is 0 Å². The number of alkyl halides is 3. The van der Waals surface area contributed by atoms with E-state index >= 15 is 0 Å². The van der Waals surface area contributed by atoms with Crippen LogP contribution in [-0.4, -0.2) is 11.3 Å². The molecule has 0 unspecified atom stereocenters. The topological polar surface area (TPSA) is 48.1 Å². The summed E-state index contributed by atoms with van der Waals surface area (Å²) in [5.41, 5.74) is 5.25. The zero-order valence-corrected chi connectivity index (χ0v) is 10.1. The highest BCUT2D eigenvalue weighted by Crippen LogP contribution is 2.35. The summed E-state index contributed by atoms with van der Waals surface area (Å²) >= 11 is 4.56. The van der Waals surface area contributed by atoms with Crippen LogP contribution in [0, 0.1) is 3.70 Å². The molecule has 1 rings (SSSR count). The Kier molecular flexibility index (Phi) is 3.45. The highest BCUT2D eigenvalue weighted by molar-refractivity contribution is 14.1. The SMILES string of the molecule is Nc1c(Br)cnc(I)c1OC(F)(F)F. The van der Waals surface area contributed by atoms with Gasteiger partial charge in [-0.2, -0.15) is 0 Å². The molecule has 8 heteroatoms. The van der Waals surface area contributed by atoms with Crippen LogP contribution >= 0.6 is 38.5 Å². The van der Waals surface area contributed by atoms with Crippen LogP contribution in [0.15, 0.2) is 10.7 Å². The Hall–Kier alpha value is -0.250. The molecular weight excluding hydrogens is 380 g/mol. The molecule has 1 heterocycles. The van der Waals surface area contributed by atoms with Crippen LogP contribution < -0.4 is 10.5 Å². The Morgan fingerprint density at radius 2 is 2.07 bits per heavy atom. The lowest BCUT2D eigenvalue weighted by atomic mass is 10.4. The van der Waals surface area contributed by atoms with E-state index in [4.69, 9.17) is 5.73 Å². The first-order valence-corrected chi connectivity index (χ1v) is 5.03. The average Bonchev–Trinajstić information content (AvgIpc) is 2.04. The standard InChI is InChI=1S/C6H3BrF3IN2O/c7-2-1-13-5(11)4(3(2)12)14-6(8,9)10/h1H,(H2,12,13). The van der Waals surface area contributed by atoms with Crippen molar-refractivity contribution >= 4 is 44.2 Å². The van der Waals surface area contributed by atoms with Crippen LogP contribution in [0.4, 0.5) is 18.9 Å². The minimum atomic E-state index is -4.77. The van der Waals surface area contributed by atoms with E-state index in [1.807, 2.05) is 0 Å². The summed E-state index contributed by atoms with van der Waals surface area (Å²) in [6, 6.07) is 0. The molecule has 0 fully saturated rings. The molecule has 0 saturated heterocycles. The van der Waals surface area contributed by atoms with Gasteiger partial charge in [0.15, 0.2) is 5.75 Å². The molecule has 0 aliphatic rings. The van der Waals surface area contributed by atoms with E-state index < -0.39 is 12.1 Å². The van der Waals surface area contributed by atoms with Crippen molar-refractivity contribution in [2.45, 2.75) is 6.36 Å². The van der Waals surface area contributed by atoms with Gasteiger partial charge >= 0.3 is 6.36 Å². The van der Waals surface area contributed by atoms with E-state index in [2.05, 4.69) is 25.7 Å². The fraction of sp³-hybridized carbons (Fsp3) is 0.167. The van der Waals surface area contributed by atoms with E-state index in [0.717, 1.165) is 0 Å². The van der Waals surface area contributed by atoms with Gasteiger partial charge in [0, 0.05) is 6.20 Å². The lowest BCUT2D eigenvalue weighted by Crippen LogP contribution is -2.19. The molecule has 0 bridgehead atoms. The first kappa shape index (κ1) is 11.8. The average molecular weight is 383 g/mol. The summed E-state index contributed by atoms with van der Waals surface area (Å²) < 4.78 is 39.8. The monoisotopic (exact) mass is 382 g/mol. The maximum absolute atomic E-state index is 11.9. The zero-order chi connectivity index (χ0) is 10.9. The number of nitrogens with two attached hydrogens (primary N) is 1. The summed E-state index contributed by atoms with van der Waals surface area (Å²) in [4.78, 5) is 3.66. The molecule has 0 aliphatic heterocycles. The minimum Gasteiger partial charge on any atom is -0.401 e. The van der Waals surface area contributed by atoms with Crippen molar-refractivity contribution in [1.82, 2.24) is 4.98 Å². The van der Waals surface area contributed by atoms with Crippen molar-refractivity contribution in [3.05, 3.63) is 14.4 Å². The summed E-state index contributed by atoms with van der Waals surface area (Å²) in [5.74, 6) is -0.479. The van der Waals surface area contributed by atoms with Gasteiger partial charge in [-0.05, 0) is 38.5 Å². The summed E-state index contributed by atoms with van der Waals surface area (Å²) in [6.45, 7) is 0. The Morgan fingerprint density at radius 3 is 2.57 bits per heavy atom. The Morgan fingerprint density at radius 1 is 1.50 bits per heavy atom. The van der Waals surface area contributed by atoms with E-state index in [9.17, 15) is 13.2 Å². The highest BCUT2D eigenvalue weighted by atomic mass is 127. The summed E-state index contributed by atoms with van der Waals surface area (Å²) in [7, 11) is 0. The number of ether oxygens (including phenoxy) is 1. The van der Waals surface area contributed by atoms with Crippen LogP contribution in [0.1, 0.15) is 0 Å². The van der Waals surface area contributed by atoms with Crippen molar-refractivity contribution in [2.75, 3.05) is 5.73 Å². The molecule has 0 spiro atoms. The number of rotatable bonds is 1. The second-order valence-electron chi connectivity index (χ2n) is 2.19. The number of hydrogen-bond donors (Lipinski definition) is 1. The van der Waals surface area contributed by atoms with Gasteiger partial charge in [-0.25, -0.2) is 4.98 Å². The molecule has 3 nitrogen and oxygen atoms in total. The van der Waals surface area contributed by atoms with Gasteiger partial charge in [0.1, 0.15) is 3.70 Å². The van der Waals surface area contributed by atoms with Crippen molar-refractivity contribution in [3.8, 4) is 5.75 Å². The molecule has 0 amide bonds. The largest absolute Gasteiger partial charge is 0.573 e. The predicted molar refractivity (Wildman–Crippen MR) is 55.7 cm³/mol. The number of hydrogen-bond acceptors (Lipinski definition) is 3. The predicted octanol–water partition coefficient (Wildman–Crippen LogP) is 2.93. The van der Waals surface area contributed by atoms with Crippen LogP contribution in [-0.2, 0) is 0 Å². The van der Waals surface area contributed by atoms with E-state index in [0.29, 0.717) is 0 Å².